The van der Waals surface area contributed by atoms with E-state index in [1.807, 2.05) is 44.9 Å². The van der Waals surface area contributed by atoms with Crippen LogP contribution >= 0.6 is 0 Å². The van der Waals surface area contributed by atoms with Gasteiger partial charge in [-0.05, 0) is 0 Å². The van der Waals surface area contributed by atoms with Gasteiger partial charge in [-0.1, -0.05) is 13.8 Å². The molecule has 0 aliphatic heterocycles. The molecule has 4 aromatic heterocycles. The molecule has 20 heavy (non-hydrogen) atoms. The molecule has 0 radical (unpaired) electrons. The minimum absolute atomic E-state index is 0.473. The van der Waals surface area contributed by atoms with Crippen molar-refractivity contribution in [2.45, 2.75) is 13.8 Å². The molecule has 0 bridgehead atoms. The van der Waals surface area contributed by atoms with Crippen molar-refractivity contribution in [2.75, 3.05) is 0 Å². The third-order valence-corrected chi connectivity index (χ3v) is 2.76. The van der Waals surface area contributed by atoms with E-state index in [2.05, 4.69) is 36.1 Å². The van der Waals surface area contributed by atoms with E-state index >= 15 is 0 Å². The number of tetrazole rings is 2. The van der Waals surface area contributed by atoms with Gasteiger partial charge in [0.2, 0.25) is 0 Å². The fourth-order valence-electron chi connectivity index (χ4n) is 1.98. The molecule has 8 nitrogen and oxygen atoms in total. The Morgan fingerprint density at radius 1 is 1.25 bits per heavy atom. The summed E-state index contributed by atoms with van der Waals surface area (Å²) in [6, 6.07) is 5.89. The number of pyridine rings is 1. The number of aromatic nitrogens is 8. The van der Waals surface area contributed by atoms with Crippen molar-refractivity contribution in [1.82, 2.24) is 40.7 Å². The second-order valence-corrected chi connectivity index (χ2v) is 3.77. The molecular weight excluding hydrogens is 255 g/mol. The van der Waals surface area contributed by atoms with E-state index in [1.54, 1.807) is 4.52 Å². The molecule has 0 fully saturated rings. The number of aromatic amines is 1. The number of hydrogen-bond acceptors (Lipinski definition) is 6. The first-order valence-corrected chi connectivity index (χ1v) is 6.27. The summed E-state index contributed by atoms with van der Waals surface area (Å²) in [7, 11) is 0. The van der Waals surface area contributed by atoms with Gasteiger partial charge in [0.25, 0.3) is 0 Å². The average Bonchev–Trinajstić information content (AvgIpc) is 3.20. The molecule has 98 valence electrons. The Bertz CT molecular complexity index is 838. The van der Waals surface area contributed by atoms with Crippen LogP contribution in [0.15, 0.2) is 24.2 Å². The van der Waals surface area contributed by atoms with Gasteiger partial charge >= 0.3 is 99.6 Å². The second kappa shape index (κ2) is 5.12. The summed E-state index contributed by atoms with van der Waals surface area (Å²) in [6.07, 6.45) is 0. The number of rotatable bonds is 1. The van der Waals surface area contributed by atoms with Gasteiger partial charge in [0.05, 0.1) is 0 Å². The molecule has 0 saturated heterocycles. The number of H-pyrrole nitrogens is 1. The van der Waals surface area contributed by atoms with Gasteiger partial charge in [-0.15, -0.1) is 0 Å². The van der Waals surface area contributed by atoms with Crippen LogP contribution in [0.2, 0.25) is 0 Å². The van der Waals surface area contributed by atoms with E-state index in [0.29, 0.717) is 11.5 Å². The van der Waals surface area contributed by atoms with Gasteiger partial charge in [-0.2, -0.15) is 0 Å². The van der Waals surface area contributed by atoms with Crippen molar-refractivity contribution in [1.29, 1.82) is 0 Å². The molecule has 4 heterocycles. The summed E-state index contributed by atoms with van der Waals surface area (Å²) >= 11 is 0. The van der Waals surface area contributed by atoms with E-state index in [-0.39, 0.29) is 0 Å². The predicted molar refractivity (Wildman–Crippen MR) is 74.2 cm³/mol. The van der Waals surface area contributed by atoms with Crippen LogP contribution in [-0.2, 0) is 0 Å². The number of hydrogen-bond donors (Lipinski definition) is 1. The Morgan fingerprint density at radius 3 is 2.95 bits per heavy atom. The van der Waals surface area contributed by atoms with E-state index in [1.165, 1.54) is 0 Å². The standard InChI is InChI=1S/C9H5BN8.C2H6/c1-2-5-4-6(8-11-14-15-12-8)9-13-16-17-18(9)7(5)10-3-1;1-2/h1-4H,(H,11,12,14,15);1-2H3. The maximum atomic E-state index is 4.00. The Hall–Kier alpha value is -2.71. The fraction of sp³-hybridized carbons (Fsp3) is 0.182. The summed E-state index contributed by atoms with van der Waals surface area (Å²) in [6.45, 7) is 5.96. The Kier molecular flexibility index (Phi) is 3.16. The molecule has 0 unspecified atom stereocenters. The van der Waals surface area contributed by atoms with Crippen molar-refractivity contribution >= 4 is 23.4 Å². The predicted octanol–water partition coefficient (Wildman–Crippen LogP) is 0.822. The molecule has 4 aromatic rings. The molecule has 0 aromatic carbocycles. The fourth-order valence-corrected chi connectivity index (χ4v) is 1.98. The van der Waals surface area contributed by atoms with Crippen molar-refractivity contribution in [3.05, 3.63) is 24.2 Å². The Labute approximate surface area is 114 Å². The van der Waals surface area contributed by atoms with Gasteiger partial charge in [0, 0.05) is 0 Å². The summed E-state index contributed by atoms with van der Waals surface area (Å²) in [4.78, 5) is 0. The first-order chi connectivity index (χ1) is 9.93. The molecule has 0 amide bonds. The van der Waals surface area contributed by atoms with Crippen LogP contribution in [0.25, 0.3) is 27.8 Å². The normalized spacial score (nSPS) is 10.3. The van der Waals surface area contributed by atoms with Gasteiger partial charge < -0.3 is 0 Å². The van der Waals surface area contributed by atoms with Crippen molar-refractivity contribution < 1.29 is 0 Å². The third kappa shape index (κ3) is 1.83. The van der Waals surface area contributed by atoms with Gasteiger partial charge in [0.1, 0.15) is 0 Å². The quantitative estimate of drug-likeness (QED) is 0.547. The van der Waals surface area contributed by atoms with Crippen molar-refractivity contribution in [2.24, 2.45) is 0 Å². The van der Waals surface area contributed by atoms with Crippen LogP contribution in [-0.4, -0.2) is 47.6 Å². The molecule has 1 N–H and O–H groups in total. The number of nitrogens with one attached hydrogen (secondary N) is 1. The zero-order valence-electron chi connectivity index (χ0n) is 11.0. The Balaban J connectivity index is 0.000000581. The summed E-state index contributed by atoms with van der Waals surface area (Å²) in [5.41, 5.74) is 2.28. The maximum absolute atomic E-state index is 4.00. The monoisotopic (exact) mass is 266 g/mol. The van der Waals surface area contributed by atoms with E-state index < -0.39 is 0 Å². The first kappa shape index (κ1) is 12.3. The van der Waals surface area contributed by atoms with Crippen LogP contribution in [0.4, 0.5) is 0 Å². The SMILES string of the molecule is CC.b1cccc2cc(-c3nn[nH]n3)c3nnnn3c12. The molecule has 4 rings (SSSR count). The topological polar surface area (TPSA) is 97.5 Å². The molecule has 0 atom stereocenters. The average molecular weight is 266 g/mol. The summed E-state index contributed by atoms with van der Waals surface area (Å²) in [5, 5.41) is 26.6. The van der Waals surface area contributed by atoms with E-state index in [4.69, 9.17) is 0 Å². The zero-order valence-corrected chi connectivity index (χ0v) is 11.0. The first-order valence-electron chi connectivity index (χ1n) is 6.27. The van der Waals surface area contributed by atoms with Crippen molar-refractivity contribution in [3.63, 3.8) is 0 Å². The molecule has 9 heteroatoms. The number of fused-ring (bicyclic) bond motifs is 3. The van der Waals surface area contributed by atoms with E-state index in [9.17, 15) is 0 Å². The van der Waals surface area contributed by atoms with Crippen LogP contribution < -0.4 is 0 Å². The zero-order chi connectivity index (χ0) is 13.9. The summed E-state index contributed by atoms with van der Waals surface area (Å²) in [5.74, 6) is 2.41. The van der Waals surface area contributed by atoms with Crippen LogP contribution in [0, 0.1) is 0 Å². The van der Waals surface area contributed by atoms with Crippen LogP contribution in [0.1, 0.15) is 13.8 Å². The molecule has 0 saturated carbocycles. The molecule has 0 aliphatic rings. The molecule has 0 aliphatic carbocycles. The second-order valence-electron chi connectivity index (χ2n) is 3.77. The third-order valence-electron chi connectivity index (χ3n) is 2.76. The van der Waals surface area contributed by atoms with E-state index in [0.717, 1.165) is 16.4 Å². The van der Waals surface area contributed by atoms with Gasteiger partial charge in [0.15, 0.2) is 0 Å². The summed E-state index contributed by atoms with van der Waals surface area (Å²) < 4.78 is 1.67. The molecule has 0 spiro atoms. The van der Waals surface area contributed by atoms with Gasteiger partial charge in [-0.25, -0.2) is 0 Å². The van der Waals surface area contributed by atoms with Crippen molar-refractivity contribution in [3.8, 4) is 11.4 Å². The van der Waals surface area contributed by atoms with Crippen LogP contribution in [0.5, 0.6) is 0 Å². The minimum atomic E-state index is 0.473. The van der Waals surface area contributed by atoms with Gasteiger partial charge in [-0.3, -0.25) is 0 Å². The molecular formula is C11H11BN8. The number of nitrogens with zero attached hydrogens (tertiary/aromatic N) is 7. The van der Waals surface area contributed by atoms with Crippen LogP contribution in [0.3, 0.4) is 0 Å². The Morgan fingerprint density at radius 2 is 2.15 bits per heavy atom.